The molecule has 16 heavy (non-hydrogen) atoms. The first kappa shape index (κ1) is 12.7. The highest BCUT2D eigenvalue weighted by atomic mass is 14.7. The Kier molecular flexibility index (Phi) is 5.55. The predicted molar refractivity (Wildman–Crippen MR) is 71.2 cm³/mol. The van der Waals surface area contributed by atoms with E-state index in [1.54, 1.807) is 0 Å². The van der Waals surface area contributed by atoms with Gasteiger partial charge in [0.05, 0.1) is 5.69 Å². The highest BCUT2D eigenvalue weighted by molar-refractivity contribution is 5.50. The van der Waals surface area contributed by atoms with Crippen LogP contribution >= 0.6 is 0 Å². The summed E-state index contributed by atoms with van der Waals surface area (Å²) >= 11 is 0. The molecule has 0 aliphatic rings. The van der Waals surface area contributed by atoms with Crippen LogP contribution in [0.4, 0.5) is 0 Å². The minimum atomic E-state index is 0.743. The van der Waals surface area contributed by atoms with E-state index in [1.807, 2.05) is 37.4 Å². The number of pyridine rings is 1. The molecular formula is C15H21N. The smallest absolute Gasteiger partial charge is 0.0661 e. The number of hydrogen-bond donors (Lipinski definition) is 0. The zero-order chi connectivity index (χ0) is 11.8. The molecule has 0 amide bonds. The first-order valence-corrected chi connectivity index (χ1v) is 5.97. The molecule has 1 aromatic rings. The summed E-state index contributed by atoms with van der Waals surface area (Å²) in [6, 6.07) is 4.19. The van der Waals surface area contributed by atoms with Gasteiger partial charge < -0.3 is 0 Å². The first-order valence-electron chi connectivity index (χ1n) is 5.97. The lowest BCUT2D eigenvalue weighted by Gasteiger charge is -2.06. The van der Waals surface area contributed by atoms with Crippen molar-refractivity contribution >= 4 is 6.08 Å². The molecule has 1 aromatic heterocycles. The molecule has 0 atom stereocenters. The van der Waals surface area contributed by atoms with E-state index < -0.39 is 0 Å². The fourth-order valence-corrected chi connectivity index (χ4v) is 1.51. The second-order valence-electron chi connectivity index (χ2n) is 4.37. The van der Waals surface area contributed by atoms with Crippen molar-refractivity contribution in [2.24, 2.45) is 5.92 Å². The molecule has 0 radical (unpaired) electrons. The Morgan fingerprint density at radius 3 is 2.81 bits per heavy atom. The Labute approximate surface area is 98.9 Å². The Morgan fingerprint density at radius 2 is 2.12 bits per heavy atom. The summed E-state index contributed by atoms with van der Waals surface area (Å²) in [5, 5.41) is 0. The number of nitrogens with zero attached hydrogens (tertiary/aromatic N) is 1. The van der Waals surface area contributed by atoms with Gasteiger partial charge in [0.2, 0.25) is 0 Å². The van der Waals surface area contributed by atoms with Crippen LogP contribution in [0.25, 0.3) is 6.08 Å². The third-order valence-electron chi connectivity index (χ3n) is 2.47. The van der Waals surface area contributed by atoms with Crippen LogP contribution in [0.1, 0.15) is 38.4 Å². The molecule has 1 rings (SSSR count). The molecule has 1 nitrogen and oxygen atoms in total. The summed E-state index contributed by atoms with van der Waals surface area (Å²) in [7, 11) is 0. The van der Waals surface area contributed by atoms with Crippen molar-refractivity contribution in [3.63, 3.8) is 0 Å². The van der Waals surface area contributed by atoms with Crippen molar-refractivity contribution in [2.45, 2.75) is 33.6 Å². The van der Waals surface area contributed by atoms with Crippen LogP contribution in [0.5, 0.6) is 0 Å². The third-order valence-corrected chi connectivity index (χ3v) is 2.47. The molecule has 0 fully saturated rings. The number of aromatic nitrogens is 1. The first-order chi connectivity index (χ1) is 7.74. The van der Waals surface area contributed by atoms with E-state index in [0.29, 0.717) is 0 Å². The highest BCUT2D eigenvalue weighted by Gasteiger charge is 2.01. The number of rotatable bonds is 5. The molecule has 1 heterocycles. The lowest BCUT2D eigenvalue weighted by Crippen LogP contribution is -1.96. The Balaban J connectivity index is 2.75. The molecule has 86 valence electrons. The van der Waals surface area contributed by atoms with Gasteiger partial charge in [0.1, 0.15) is 0 Å². The van der Waals surface area contributed by atoms with E-state index in [2.05, 4.69) is 31.0 Å². The van der Waals surface area contributed by atoms with Gasteiger partial charge in [-0.05, 0) is 43.4 Å². The molecule has 0 aliphatic heterocycles. The molecule has 0 saturated heterocycles. The van der Waals surface area contributed by atoms with E-state index in [1.165, 1.54) is 12.0 Å². The number of aryl methyl sites for hydroxylation is 1. The monoisotopic (exact) mass is 215 g/mol. The van der Waals surface area contributed by atoms with Crippen LogP contribution in [0.3, 0.4) is 0 Å². The molecule has 1 heteroatoms. The summed E-state index contributed by atoms with van der Waals surface area (Å²) < 4.78 is 0. The van der Waals surface area contributed by atoms with Crippen molar-refractivity contribution in [3.8, 4) is 0 Å². The van der Waals surface area contributed by atoms with Gasteiger partial charge in [-0.3, -0.25) is 4.98 Å². The minimum Gasteiger partial charge on any atom is -0.257 e. The summed E-state index contributed by atoms with van der Waals surface area (Å²) in [5.74, 6) is 0.743. The molecule has 0 aromatic carbocycles. The van der Waals surface area contributed by atoms with Gasteiger partial charge in [-0.1, -0.05) is 38.1 Å². The SMILES string of the molecule is C/C=C\C=C/c1ncccc1CCC(C)C. The quantitative estimate of drug-likeness (QED) is 0.669. The standard InChI is InChI=1S/C15H21N/c1-4-5-6-9-15-14(8-7-12-16-15)11-10-13(2)3/h4-9,12-13H,10-11H2,1-3H3/b5-4-,9-6-. The maximum atomic E-state index is 4.41. The fourth-order valence-electron chi connectivity index (χ4n) is 1.51. The molecule has 0 spiro atoms. The van der Waals surface area contributed by atoms with E-state index in [9.17, 15) is 0 Å². The second-order valence-corrected chi connectivity index (χ2v) is 4.37. The molecule has 0 unspecified atom stereocenters. The second kappa shape index (κ2) is 7.00. The van der Waals surface area contributed by atoms with Crippen LogP contribution < -0.4 is 0 Å². The lowest BCUT2D eigenvalue weighted by molar-refractivity contribution is 0.586. The zero-order valence-electron chi connectivity index (χ0n) is 10.5. The van der Waals surface area contributed by atoms with Crippen molar-refractivity contribution in [3.05, 3.63) is 47.8 Å². The molecular weight excluding hydrogens is 194 g/mol. The lowest BCUT2D eigenvalue weighted by atomic mass is 10.0. The largest absolute Gasteiger partial charge is 0.257 e. The Hall–Kier alpha value is -1.37. The molecule has 0 N–H and O–H groups in total. The van der Waals surface area contributed by atoms with E-state index in [4.69, 9.17) is 0 Å². The van der Waals surface area contributed by atoms with Gasteiger partial charge in [-0.25, -0.2) is 0 Å². The van der Waals surface area contributed by atoms with Gasteiger partial charge in [0.15, 0.2) is 0 Å². The van der Waals surface area contributed by atoms with Gasteiger partial charge in [-0.15, -0.1) is 0 Å². The van der Waals surface area contributed by atoms with Gasteiger partial charge in [-0.2, -0.15) is 0 Å². The van der Waals surface area contributed by atoms with Crippen molar-refractivity contribution in [1.82, 2.24) is 4.98 Å². The summed E-state index contributed by atoms with van der Waals surface area (Å²) in [6.07, 6.45) is 12.4. The van der Waals surface area contributed by atoms with Crippen LogP contribution in [-0.4, -0.2) is 4.98 Å². The average Bonchev–Trinajstić information content (AvgIpc) is 2.28. The van der Waals surface area contributed by atoms with E-state index in [-0.39, 0.29) is 0 Å². The van der Waals surface area contributed by atoms with Crippen molar-refractivity contribution in [2.75, 3.05) is 0 Å². The van der Waals surface area contributed by atoms with Crippen LogP contribution in [-0.2, 0) is 6.42 Å². The molecule has 0 aliphatic carbocycles. The van der Waals surface area contributed by atoms with Crippen LogP contribution in [0.15, 0.2) is 36.6 Å². The van der Waals surface area contributed by atoms with Gasteiger partial charge in [0, 0.05) is 6.20 Å². The van der Waals surface area contributed by atoms with Crippen LogP contribution in [0.2, 0.25) is 0 Å². The predicted octanol–water partition coefficient (Wildman–Crippen LogP) is 4.26. The number of allylic oxidation sites excluding steroid dienone is 3. The fraction of sp³-hybridized carbons (Fsp3) is 0.400. The summed E-state index contributed by atoms with van der Waals surface area (Å²) in [5.41, 5.74) is 2.44. The zero-order valence-corrected chi connectivity index (χ0v) is 10.5. The average molecular weight is 215 g/mol. The molecule has 0 bridgehead atoms. The van der Waals surface area contributed by atoms with Crippen molar-refractivity contribution < 1.29 is 0 Å². The Morgan fingerprint density at radius 1 is 1.31 bits per heavy atom. The Bertz CT molecular complexity index is 361. The van der Waals surface area contributed by atoms with E-state index >= 15 is 0 Å². The number of hydrogen-bond acceptors (Lipinski definition) is 1. The topological polar surface area (TPSA) is 12.9 Å². The summed E-state index contributed by atoms with van der Waals surface area (Å²) in [6.45, 7) is 6.53. The summed E-state index contributed by atoms with van der Waals surface area (Å²) in [4.78, 5) is 4.41. The van der Waals surface area contributed by atoms with Gasteiger partial charge in [0.25, 0.3) is 0 Å². The van der Waals surface area contributed by atoms with E-state index in [0.717, 1.165) is 18.0 Å². The maximum Gasteiger partial charge on any atom is 0.0661 e. The normalized spacial score (nSPS) is 12.0. The van der Waals surface area contributed by atoms with Crippen LogP contribution in [0, 0.1) is 5.92 Å². The van der Waals surface area contributed by atoms with Crippen molar-refractivity contribution in [1.29, 1.82) is 0 Å². The third kappa shape index (κ3) is 4.43. The molecule has 0 saturated carbocycles. The van der Waals surface area contributed by atoms with Gasteiger partial charge >= 0.3 is 0 Å². The highest BCUT2D eigenvalue weighted by Crippen LogP contribution is 2.13. The minimum absolute atomic E-state index is 0.743. The maximum absolute atomic E-state index is 4.41.